The van der Waals surface area contributed by atoms with Crippen molar-refractivity contribution in [2.75, 3.05) is 13.2 Å². The lowest BCUT2D eigenvalue weighted by molar-refractivity contribution is -0.134. The number of amides is 1. The molecule has 0 aromatic carbocycles. The Balaban J connectivity index is 1.65. The zero-order chi connectivity index (χ0) is 19.6. The summed E-state index contributed by atoms with van der Waals surface area (Å²) in [6.07, 6.45) is 8.61. The summed E-state index contributed by atoms with van der Waals surface area (Å²) in [4.78, 5) is 40.1. The van der Waals surface area contributed by atoms with E-state index in [9.17, 15) is 14.4 Å². The first-order valence-corrected chi connectivity index (χ1v) is 11.3. The van der Waals surface area contributed by atoms with E-state index in [1.807, 2.05) is 10.3 Å². The number of aldehydes is 1. The van der Waals surface area contributed by atoms with Crippen LogP contribution in [0.3, 0.4) is 0 Å². The second-order valence-electron chi connectivity index (χ2n) is 8.31. The smallest absolute Gasteiger partial charge is 0.253 e. The van der Waals surface area contributed by atoms with Crippen LogP contribution in [0.5, 0.6) is 0 Å². The predicted octanol–water partition coefficient (Wildman–Crippen LogP) is 2.78. The van der Waals surface area contributed by atoms with Crippen molar-refractivity contribution in [3.05, 3.63) is 22.4 Å². The second-order valence-corrected chi connectivity index (χ2v) is 9.09. The van der Waals surface area contributed by atoms with E-state index >= 15 is 0 Å². The number of rotatable bonds is 6. The van der Waals surface area contributed by atoms with Crippen LogP contribution in [-0.4, -0.2) is 53.8 Å². The van der Waals surface area contributed by atoms with E-state index in [0.29, 0.717) is 24.4 Å². The molecule has 1 N–H and O–H groups in total. The van der Waals surface area contributed by atoms with Gasteiger partial charge < -0.3 is 10.1 Å². The number of carbonyl (C=O) groups is 3. The Morgan fingerprint density at radius 1 is 1.29 bits per heavy atom. The predicted molar refractivity (Wildman–Crippen MR) is 106 cm³/mol. The number of carbonyl (C=O) groups excluding carboxylic acids is 3. The zero-order valence-electron chi connectivity index (χ0n) is 16.1. The van der Waals surface area contributed by atoms with Crippen molar-refractivity contribution >= 4 is 29.3 Å². The molecule has 1 aliphatic carbocycles. The van der Waals surface area contributed by atoms with Crippen LogP contribution in [0.2, 0.25) is 0 Å². The second kappa shape index (κ2) is 8.43. The average molecular weight is 405 g/mol. The van der Waals surface area contributed by atoms with Gasteiger partial charge in [-0.15, -0.1) is 0 Å². The highest BCUT2D eigenvalue weighted by Crippen LogP contribution is 2.37. The fraction of sp³-hybridized carbons (Fsp3) is 0.667. The molecular weight excluding hydrogens is 376 g/mol. The molecule has 1 saturated carbocycles. The molecule has 152 valence electrons. The molecule has 1 aromatic heterocycles. The van der Waals surface area contributed by atoms with E-state index in [4.69, 9.17) is 4.74 Å². The molecule has 0 bridgehead atoms. The summed E-state index contributed by atoms with van der Waals surface area (Å²) in [5.41, 5.74) is -0.601. The Kier molecular flexibility index (Phi) is 5.94. The highest BCUT2D eigenvalue weighted by Gasteiger charge is 2.52. The third kappa shape index (κ3) is 3.80. The van der Waals surface area contributed by atoms with Crippen molar-refractivity contribution < 1.29 is 19.1 Å². The molecule has 4 rings (SSSR count). The lowest BCUT2D eigenvalue weighted by atomic mass is 9.81. The van der Waals surface area contributed by atoms with Crippen LogP contribution in [-0.2, 0) is 14.3 Å². The van der Waals surface area contributed by atoms with Crippen LogP contribution >= 0.6 is 11.3 Å². The van der Waals surface area contributed by atoms with E-state index < -0.39 is 11.7 Å². The van der Waals surface area contributed by atoms with Crippen molar-refractivity contribution in [2.24, 2.45) is 5.92 Å². The third-order valence-electron chi connectivity index (χ3n) is 6.49. The summed E-state index contributed by atoms with van der Waals surface area (Å²) in [5, 5.41) is 6.69. The maximum atomic E-state index is 12.9. The largest absolute Gasteiger partial charge is 0.368 e. The first kappa shape index (κ1) is 19.7. The molecule has 3 fully saturated rings. The molecule has 2 saturated heterocycles. The summed E-state index contributed by atoms with van der Waals surface area (Å²) in [6.45, 7) is 0.717. The minimum atomic E-state index is -1.16. The van der Waals surface area contributed by atoms with Crippen LogP contribution < -0.4 is 5.32 Å². The van der Waals surface area contributed by atoms with Gasteiger partial charge in [-0.3, -0.25) is 19.3 Å². The number of ether oxygens (including phenoxy) is 1. The quantitative estimate of drug-likeness (QED) is 0.738. The van der Waals surface area contributed by atoms with E-state index in [-0.39, 0.29) is 24.4 Å². The number of Topliss-reactive ketones (excluding diaryl/α,β-unsaturated/α-hetero) is 1. The van der Waals surface area contributed by atoms with Gasteiger partial charge in [-0.2, -0.15) is 11.3 Å². The molecule has 0 radical (unpaired) electrons. The first-order valence-electron chi connectivity index (χ1n) is 10.3. The fourth-order valence-corrected chi connectivity index (χ4v) is 5.75. The van der Waals surface area contributed by atoms with Gasteiger partial charge in [-0.1, -0.05) is 32.1 Å². The average Bonchev–Trinajstić information content (AvgIpc) is 3.39. The number of nitrogens with zero attached hydrogens (tertiary/aromatic N) is 1. The van der Waals surface area contributed by atoms with Gasteiger partial charge in [0, 0.05) is 11.9 Å². The molecular formula is C21H28N2O4S. The Morgan fingerprint density at radius 3 is 2.82 bits per heavy atom. The Morgan fingerprint density at radius 2 is 2.11 bits per heavy atom. The van der Waals surface area contributed by atoms with Crippen molar-refractivity contribution in [1.82, 2.24) is 10.2 Å². The van der Waals surface area contributed by atoms with E-state index in [2.05, 4.69) is 5.32 Å². The molecule has 1 amide bonds. The van der Waals surface area contributed by atoms with Gasteiger partial charge in [0.15, 0.2) is 17.7 Å². The monoisotopic (exact) mass is 404 g/mol. The molecule has 3 atom stereocenters. The van der Waals surface area contributed by atoms with Crippen LogP contribution in [0.4, 0.5) is 0 Å². The summed E-state index contributed by atoms with van der Waals surface area (Å²) >= 11 is 1.45. The molecule has 2 aliphatic heterocycles. The lowest BCUT2D eigenvalue weighted by Gasteiger charge is -2.48. The number of thiophene rings is 1. The van der Waals surface area contributed by atoms with Crippen molar-refractivity contribution in [2.45, 2.75) is 69.2 Å². The Hall–Kier alpha value is -1.57. The molecule has 0 spiro atoms. The summed E-state index contributed by atoms with van der Waals surface area (Å²) in [7, 11) is 0. The molecule has 7 heteroatoms. The van der Waals surface area contributed by atoms with Crippen molar-refractivity contribution in [3.63, 3.8) is 0 Å². The standard InChI is InChI=1S/C21H28N2O4S/c24-14-21(11-15-5-2-1-3-6-15,22-20(26)16-8-10-28-13-16)23-9-4-7-18-19(23)17(25)12-27-18/h8,10,13-15,18-19H,1-7,9,11-12H2,(H,22,26). The number of piperidine rings is 1. The molecule has 6 nitrogen and oxygen atoms in total. The highest BCUT2D eigenvalue weighted by atomic mass is 32.1. The maximum Gasteiger partial charge on any atom is 0.253 e. The molecule has 3 unspecified atom stereocenters. The minimum Gasteiger partial charge on any atom is -0.368 e. The number of nitrogens with one attached hydrogen (secondary N) is 1. The number of likely N-dealkylation sites (tertiary alicyclic amines) is 1. The fourth-order valence-electron chi connectivity index (χ4n) is 5.12. The Labute approximate surface area is 169 Å². The van der Waals surface area contributed by atoms with Crippen LogP contribution in [0, 0.1) is 5.92 Å². The van der Waals surface area contributed by atoms with Crippen molar-refractivity contribution in [1.29, 1.82) is 0 Å². The third-order valence-corrected chi connectivity index (χ3v) is 7.17. The van der Waals surface area contributed by atoms with E-state index in [1.54, 1.807) is 11.4 Å². The molecule has 3 heterocycles. The summed E-state index contributed by atoms with van der Waals surface area (Å²) in [6, 6.07) is 1.32. The van der Waals surface area contributed by atoms with Gasteiger partial charge in [0.2, 0.25) is 0 Å². The number of ketones is 1. The number of hydrogen-bond donors (Lipinski definition) is 1. The van der Waals surface area contributed by atoms with E-state index in [1.165, 1.54) is 17.8 Å². The maximum absolute atomic E-state index is 12.9. The van der Waals surface area contributed by atoms with Gasteiger partial charge in [-0.05, 0) is 36.6 Å². The van der Waals surface area contributed by atoms with Gasteiger partial charge in [-0.25, -0.2) is 0 Å². The normalized spacial score (nSPS) is 28.5. The SMILES string of the molecule is O=CC(CC1CCCCC1)(NC(=O)c1ccsc1)N1CCCC2OCC(=O)C21. The Bertz CT molecular complexity index is 716. The van der Waals surface area contributed by atoms with Gasteiger partial charge in [0.25, 0.3) is 5.91 Å². The molecule has 28 heavy (non-hydrogen) atoms. The zero-order valence-corrected chi connectivity index (χ0v) is 16.9. The van der Waals surface area contributed by atoms with Gasteiger partial charge >= 0.3 is 0 Å². The van der Waals surface area contributed by atoms with Crippen LogP contribution in [0.15, 0.2) is 16.8 Å². The highest BCUT2D eigenvalue weighted by molar-refractivity contribution is 7.08. The molecule has 1 aromatic rings. The van der Waals surface area contributed by atoms with Gasteiger partial charge in [0.05, 0.1) is 17.7 Å². The molecule has 3 aliphatic rings. The number of fused-ring (bicyclic) bond motifs is 1. The van der Waals surface area contributed by atoms with Crippen molar-refractivity contribution in [3.8, 4) is 0 Å². The number of hydrogen-bond acceptors (Lipinski definition) is 6. The van der Waals surface area contributed by atoms with Crippen LogP contribution in [0.1, 0.15) is 61.7 Å². The van der Waals surface area contributed by atoms with Gasteiger partial charge in [0.1, 0.15) is 6.61 Å². The van der Waals surface area contributed by atoms with Crippen LogP contribution in [0.25, 0.3) is 0 Å². The topological polar surface area (TPSA) is 75.7 Å². The summed E-state index contributed by atoms with van der Waals surface area (Å²) in [5.74, 6) is 0.140. The van der Waals surface area contributed by atoms with E-state index in [0.717, 1.165) is 44.8 Å². The summed E-state index contributed by atoms with van der Waals surface area (Å²) < 4.78 is 5.69. The first-order chi connectivity index (χ1) is 13.6. The minimum absolute atomic E-state index is 0.0179. The lowest BCUT2D eigenvalue weighted by Crippen LogP contribution is -2.69.